The lowest BCUT2D eigenvalue weighted by atomic mass is 9.94. The van der Waals surface area contributed by atoms with Gasteiger partial charge in [-0.3, -0.25) is 4.79 Å². The molecule has 0 saturated carbocycles. The number of hydrogen-bond acceptors (Lipinski definition) is 7. The molecule has 34 heavy (non-hydrogen) atoms. The van der Waals surface area contributed by atoms with Crippen LogP contribution in [-0.2, 0) is 20.7 Å². The summed E-state index contributed by atoms with van der Waals surface area (Å²) in [5.74, 6) is -0.524. The van der Waals surface area contributed by atoms with Crippen LogP contribution in [0.25, 0.3) is 6.08 Å². The maximum absolute atomic E-state index is 13.4. The van der Waals surface area contributed by atoms with Crippen LogP contribution in [0.4, 0.5) is 0 Å². The fraction of sp³-hybridized carbons (Fsp3) is 0.692. The summed E-state index contributed by atoms with van der Waals surface area (Å²) in [7, 11) is 0. The first-order chi connectivity index (χ1) is 15.8. The Balaban J connectivity index is 2.32. The second kappa shape index (κ2) is 12.7. The molecule has 1 aliphatic rings. The number of ether oxygens (including phenoxy) is 1. The van der Waals surface area contributed by atoms with Crippen molar-refractivity contribution in [2.24, 2.45) is 5.92 Å². The number of carbonyl (C=O) groups is 1. The van der Waals surface area contributed by atoms with E-state index in [-0.39, 0.29) is 12.3 Å². The third-order valence-electron chi connectivity index (χ3n) is 7.04. The third-order valence-corrected chi connectivity index (χ3v) is 10.6. The molecule has 0 fully saturated rings. The minimum absolute atomic E-state index is 0.00191. The number of aliphatic hydroxyl groups is 2. The van der Waals surface area contributed by atoms with Crippen LogP contribution in [0.15, 0.2) is 22.6 Å². The molecule has 1 aliphatic heterocycles. The fourth-order valence-electron chi connectivity index (χ4n) is 4.40. The van der Waals surface area contributed by atoms with Crippen molar-refractivity contribution in [1.29, 1.82) is 0 Å². The van der Waals surface area contributed by atoms with E-state index >= 15 is 0 Å². The Kier molecular flexibility index (Phi) is 10.8. The predicted molar refractivity (Wildman–Crippen MR) is 143 cm³/mol. The Hall–Kier alpha value is -1.19. The van der Waals surface area contributed by atoms with Crippen molar-refractivity contribution >= 4 is 34.6 Å². The van der Waals surface area contributed by atoms with Crippen LogP contribution in [0, 0.1) is 12.8 Å². The smallest absolute Gasteiger partial charge is 0.309 e. The van der Waals surface area contributed by atoms with E-state index in [1.54, 1.807) is 32.1 Å². The van der Waals surface area contributed by atoms with Gasteiger partial charge in [-0.2, -0.15) is 0 Å². The number of aromatic nitrogens is 1. The first-order valence-electron chi connectivity index (χ1n) is 12.2. The summed E-state index contributed by atoms with van der Waals surface area (Å²) >= 11 is -0.860. The zero-order valence-electron chi connectivity index (χ0n) is 21.6. The van der Waals surface area contributed by atoms with Crippen LogP contribution in [-0.4, -0.2) is 54.0 Å². The summed E-state index contributed by atoms with van der Waals surface area (Å²) in [6.45, 7) is 13.1. The van der Waals surface area contributed by atoms with Crippen LogP contribution in [0.5, 0.6) is 0 Å². The zero-order valence-corrected chi connectivity index (χ0v) is 23.4. The number of allylic oxidation sites excluding steroid dienone is 1. The van der Waals surface area contributed by atoms with E-state index in [0.717, 1.165) is 35.5 Å². The maximum Gasteiger partial charge on any atom is 0.309 e. The summed E-state index contributed by atoms with van der Waals surface area (Å²) in [4.78, 5) is 17.3. The molecule has 3 unspecified atom stereocenters. The van der Waals surface area contributed by atoms with Crippen LogP contribution < -0.4 is 0 Å². The number of carbonyl (C=O) groups excluding carboxylic acids is 1. The average Bonchev–Trinajstić information content (AvgIpc) is 3.18. The van der Waals surface area contributed by atoms with E-state index in [9.17, 15) is 19.6 Å². The standard InChI is InChI=1S/C26H43NO5S2/c1-16-9-8-10-17(2)25(30)19(4)34(31)26(6,7)23(28)14-24(29)32-22(12-11-16)18(3)13-21-15-33-20(5)27-21/h11,13,15,17,19,22-23,25,28,30H,8-10,12,14,34H2,1-7H3/b16-11+,18-13+/t17-,19?,22-,23?,25?/m0/s1. The van der Waals surface area contributed by atoms with Crippen LogP contribution >= 0.6 is 11.3 Å². The van der Waals surface area contributed by atoms with Gasteiger partial charge in [0.2, 0.25) is 0 Å². The van der Waals surface area contributed by atoms with E-state index in [4.69, 9.17) is 4.74 Å². The van der Waals surface area contributed by atoms with Crippen LogP contribution in [0.3, 0.4) is 0 Å². The number of nitrogens with zero attached hydrogens (tertiary/aromatic N) is 1. The number of aryl methyl sites for hydroxylation is 1. The lowest BCUT2D eigenvalue weighted by molar-refractivity contribution is -0.149. The van der Waals surface area contributed by atoms with E-state index in [1.165, 1.54) is 5.57 Å². The Morgan fingerprint density at radius 2 is 2.00 bits per heavy atom. The molecule has 6 nitrogen and oxygen atoms in total. The number of esters is 1. The third kappa shape index (κ3) is 7.92. The largest absolute Gasteiger partial charge is 0.688 e. The summed E-state index contributed by atoms with van der Waals surface area (Å²) in [6.07, 6.45) is 4.65. The van der Waals surface area contributed by atoms with Gasteiger partial charge >= 0.3 is 5.97 Å². The van der Waals surface area contributed by atoms with Gasteiger partial charge in [0.1, 0.15) is 12.2 Å². The van der Waals surface area contributed by atoms with Gasteiger partial charge in [0, 0.05) is 11.8 Å². The highest BCUT2D eigenvalue weighted by atomic mass is 32.2. The first kappa shape index (κ1) is 29.0. The molecule has 0 bridgehead atoms. The predicted octanol–water partition coefficient (Wildman–Crippen LogP) is 4.42. The van der Waals surface area contributed by atoms with Gasteiger partial charge in [-0.15, -0.1) is 11.3 Å². The molecule has 2 rings (SSSR count). The molecule has 0 aromatic carbocycles. The molecular weight excluding hydrogens is 470 g/mol. The topological polar surface area (TPSA) is 103 Å². The minimum Gasteiger partial charge on any atom is -0.688 e. The normalized spacial score (nSPS) is 33.2. The molecule has 2 N–H and O–H groups in total. The Labute approximate surface area is 211 Å². The molecule has 194 valence electrons. The molecule has 0 spiro atoms. The number of thiazole rings is 1. The van der Waals surface area contributed by atoms with E-state index in [2.05, 4.69) is 18.0 Å². The average molecular weight is 514 g/mol. The second-order valence-corrected chi connectivity index (χ2v) is 14.4. The van der Waals surface area contributed by atoms with Gasteiger partial charge < -0.3 is 30.7 Å². The SMILES string of the molecule is C/C1=C\C[C@@H](/C(C)=C/c2csc(C)n2)OC(=O)CC(O)C(C)(C)[SH2+]([O-])C(C)C(O)[C@@H](C)CCC1. The van der Waals surface area contributed by atoms with Crippen molar-refractivity contribution in [1.82, 2.24) is 4.98 Å². The first-order valence-corrected chi connectivity index (χ1v) is 14.5. The number of rotatable bonds is 2. The maximum atomic E-state index is 13.4. The molecule has 0 aliphatic carbocycles. The number of cyclic esters (lactones) is 1. The van der Waals surface area contributed by atoms with E-state index in [0.29, 0.717) is 6.42 Å². The summed E-state index contributed by atoms with van der Waals surface area (Å²) in [5.41, 5.74) is 2.93. The molecule has 0 saturated heterocycles. The quantitative estimate of drug-likeness (QED) is 0.345. The van der Waals surface area contributed by atoms with E-state index in [1.807, 2.05) is 32.2 Å². The van der Waals surface area contributed by atoms with Crippen molar-refractivity contribution in [2.75, 3.05) is 0 Å². The van der Waals surface area contributed by atoms with Crippen LogP contribution in [0.2, 0.25) is 0 Å². The number of aliphatic hydroxyl groups excluding tert-OH is 2. The molecular formula is C26H43NO5S2. The van der Waals surface area contributed by atoms with Crippen molar-refractivity contribution in [3.63, 3.8) is 0 Å². The second-order valence-electron chi connectivity index (χ2n) is 10.4. The van der Waals surface area contributed by atoms with Gasteiger partial charge in [0.15, 0.2) is 0 Å². The lowest BCUT2D eigenvalue weighted by Crippen LogP contribution is -2.52. The van der Waals surface area contributed by atoms with Gasteiger partial charge in [-0.1, -0.05) is 18.6 Å². The molecule has 1 aromatic rings. The van der Waals surface area contributed by atoms with Gasteiger partial charge in [-0.05, 0) is 78.4 Å². The Morgan fingerprint density at radius 3 is 2.62 bits per heavy atom. The summed E-state index contributed by atoms with van der Waals surface area (Å²) in [5, 5.41) is 24.2. The van der Waals surface area contributed by atoms with Crippen LogP contribution in [0.1, 0.15) is 84.3 Å². The summed E-state index contributed by atoms with van der Waals surface area (Å²) in [6, 6.07) is 0. The van der Waals surface area contributed by atoms with Gasteiger partial charge in [0.25, 0.3) is 0 Å². The minimum atomic E-state index is -2.43. The molecule has 8 heteroatoms. The Bertz CT molecular complexity index is 878. The van der Waals surface area contributed by atoms with E-state index < -0.39 is 45.5 Å². The van der Waals surface area contributed by atoms with Crippen molar-refractivity contribution in [3.05, 3.63) is 33.3 Å². The zero-order chi connectivity index (χ0) is 25.6. The lowest BCUT2D eigenvalue weighted by Gasteiger charge is -2.47. The highest BCUT2D eigenvalue weighted by Gasteiger charge is 2.40. The van der Waals surface area contributed by atoms with Crippen molar-refractivity contribution < 1.29 is 24.3 Å². The number of hydrogen-bond donors (Lipinski definition) is 2. The van der Waals surface area contributed by atoms with Gasteiger partial charge in [-0.25, -0.2) is 4.98 Å². The Morgan fingerprint density at radius 1 is 1.32 bits per heavy atom. The fourth-order valence-corrected chi connectivity index (χ4v) is 7.22. The molecule has 1 aromatic heterocycles. The van der Waals surface area contributed by atoms with Crippen molar-refractivity contribution in [2.45, 2.75) is 109 Å². The molecule has 2 heterocycles. The van der Waals surface area contributed by atoms with Crippen molar-refractivity contribution in [3.8, 4) is 0 Å². The monoisotopic (exact) mass is 513 g/mol. The summed E-state index contributed by atoms with van der Waals surface area (Å²) < 4.78 is 18.2. The molecule has 5 atom stereocenters. The molecule has 0 radical (unpaired) electrons. The molecule has 0 amide bonds. The highest BCUT2D eigenvalue weighted by molar-refractivity contribution is 7.93. The van der Waals surface area contributed by atoms with Gasteiger partial charge in [0.05, 0.1) is 33.2 Å². The highest BCUT2D eigenvalue weighted by Crippen LogP contribution is 2.32.